The molecule has 5 heteroatoms. The summed E-state index contributed by atoms with van der Waals surface area (Å²) in [6.07, 6.45) is 0. The normalized spacial score (nSPS) is 8.55. The van der Waals surface area contributed by atoms with Gasteiger partial charge in [0.25, 0.3) is 0 Å². The molecule has 0 aromatic carbocycles. The van der Waals surface area contributed by atoms with Crippen molar-refractivity contribution in [2.24, 2.45) is 0 Å². The van der Waals surface area contributed by atoms with E-state index in [1.165, 1.54) is 6.92 Å². The molecule has 1 amide bonds. The van der Waals surface area contributed by atoms with Crippen LogP contribution in [-0.4, -0.2) is 24.3 Å². The van der Waals surface area contributed by atoms with Gasteiger partial charge in [-0.3, -0.25) is 10.2 Å². The highest BCUT2D eigenvalue weighted by molar-refractivity contribution is 6.35. The van der Waals surface area contributed by atoms with Gasteiger partial charge in [-0.2, -0.15) is 0 Å². The van der Waals surface area contributed by atoms with Crippen LogP contribution in [0.1, 0.15) is 13.8 Å². The number of carbonyl (C=O) groups excluding carboxylic acids is 2. The van der Waals surface area contributed by atoms with Crippen LogP contribution in [0.4, 0.5) is 0 Å². The first-order valence-electron chi connectivity index (χ1n) is 3.11. The number of hydrogen-bond acceptors (Lipinski definition) is 4. The van der Waals surface area contributed by atoms with E-state index in [9.17, 15) is 9.59 Å². The van der Waals surface area contributed by atoms with E-state index in [0.29, 0.717) is 0 Å². The number of amidine groups is 1. The van der Waals surface area contributed by atoms with Crippen LogP contribution in [0.15, 0.2) is 0 Å². The third-order valence-corrected chi connectivity index (χ3v) is 0.762. The van der Waals surface area contributed by atoms with Gasteiger partial charge in [0.05, 0.1) is 12.4 Å². The van der Waals surface area contributed by atoms with E-state index in [2.05, 4.69) is 4.74 Å². The summed E-state index contributed by atoms with van der Waals surface area (Å²) in [5.74, 6) is -1.94. The van der Waals surface area contributed by atoms with Crippen LogP contribution in [0.2, 0.25) is 0 Å². The number of carbonyl (C=O) groups is 2. The Morgan fingerprint density at radius 2 is 2.09 bits per heavy atom. The molecule has 0 saturated carbocycles. The van der Waals surface area contributed by atoms with Crippen molar-refractivity contribution in [3.05, 3.63) is 0 Å². The average Bonchev–Trinajstić information content (AvgIpc) is 1.86. The van der Waals surface area contributed by atoms with Crippen molar-refractivity contribution in [1.82, 2.24) is 5.32 Å². The summed E-state index contributed by atoms with van der Waals surface area (Å²) >= 11 is 0. The molecule has 0 spiro atoms. The van der Waals surface area contributed by atoms with Gasteiger partial charge < -0.3 is 10.1 Å². The van der Waals surface area contributed by atoms with E-state index in [4.69, 9.17) is 5.41 Å². The summed E-state index contributed by atoms with van der Waals surface area (Å²) in [5, 5.41) is 8.81. The molecule has 62 valence electrons. The summed E-state index contributed by atoms with van der Waals surface area (Å²) in [6, 6.07) is 0. The van der Waals surface area contributed by atoms with E-state index in [1.54, 1.807) is 6.92 Å². The maximum atomic E-state index is 10.6. The predicted octanol–water partition coefficient (Wildman–Crippen LogP) is -0.337. The van der Waals surface area contributed by atoms with Crippen LogP contribution in [0.25, 0.3) is 0 Å². The second-order valence-electron chi connectivity index (χ2n) is 1.80. The Hall–Kier alpha value is -1.39. The number of hydrogen-bond donors (Lipinski definition) is 2. The zero-order valence-electron chi connectivity index (χ0n) is 6.43. The van der Waals surface area contributed by atoms with Gasteiger partial charge in [0, 0.05) is 0 Å². The summed E-state index contributed by atoms with van der Waals surface area (Å²) in [5.41, 5.74) is 0. The lowest BCUT2D eigenvalue weighted by atomic mass is 10.5. The van der Waals surface area contributed by atoms with E-state index < -0.39 is 11.9 Å². The van der Waals surface area contributed by atoms with Crippen molar-refractivity contribution >= 4 is 17.7 Å². The molecule has 0 aromatic rings. The minimum Gasteiger partial charge on any atom is -0.459 e. The number of amides is 1. The highest BCUT2D eigenvalue weighted by atomic mass is 16.5. The van der Waals surface area contributed by atoms with Crippen LogP contribution in [0.5, 0.6) is 0 Å². The van der Waals surface area contributed by atoms with Crippen LogP contribution >= 0.6 is 0 Å². The molecule has 11 heavy (non-hydrogen) atoms. The third kappa shape index (κ3) is 4.07. The molecule has 0 aliphatic carbocycles. The molecular weight excluding hydrogens is 148 g/mol. The highest BCUT2D eigenvalue weighted by Gasteiger charge is 2.13. The van der Waals surface area contributed by atoms with Gasteiger partial charge in [0.15, 0.2) is 0 Å². The van der Waals surface area contributed by atoms with Gasteiger partial charge in [0.2, 0.25) is 0 Å². The fourth-order valence-electron chi connectivity index (χ4n) is 0.418. The van der Waals surface area contributed by atoms with Crippen molar-refractivity contribution in [2.75, 3.05) is 6.61 Å². The molecule has 0 aliphatic rings. The Bertz CT molecular complexity index is 188. The Kier molecular flexibility index (Phi) is 3.87. The van der Waals surface area contributed by atoms with Crippen LogP contribution < -0.4 is 5.32 Å². The summed E-state index contributed by atoms with van der Waals surface area (Å²) in [4.78, 5) is 21.2. The molecule has 0 saturated heterocycles. The minimum absolute atomic E-state index is 0.0805. The van der Waals surface area contributed by atoms with Crippen molar-refractivity contribution in [3.8, 4) is 0 Å². The topological polar surface area (TPSA) is 79.2 Å². The van der Waals surface area contributed by atoms with E-state index in [-0.39, 0.29) is 12.4 Å². The van der Waals surface area contributed by atoms with Crippen LogP contribution in [0, 0.1) is 5.41 Å². The fraction of sp³-hybridized carbons (Fsp3) is 0.500. The lowest BCUT2D eigenvalue weighted by molar-refractivity contribution is -0.153. The van der Waals surface area contributed by atoms with Gasteiger partial charge in [-0.25, -0.2) is 4.79 Å². The standard InChI is InChI=1S/C6H10N2O3/c1-3-11-6(10)5(9)8-4(2)7/h3H2,1-2H3,(H2,7,8,9). The van der Waals surface area contributed by atoms with Gasteiger partial charge in [-0.15, -0.1) is 0 Å². The van der Waals surface area contributed by atoms with Crippen LogP contribution in [-0.2, 0) is 14.3 Å². The molecule has 0 bridgehead atoms. The molecule has 0 heterocycles. The molecule has 0 rings (SSSR count). The highest BCUT2D eigenvalue weighted by Crippen LogP contribution is 1.77. The molecule has 5 nitrogen and oxygen atoms in total. The molecule has 2 N–H and O–H groups in total. The Labute approximate surface area is 64.2 Å². The summed E-state index contributed by atoms with van der Waals surface area (Å²) in [6.45, 7) is 3.11. The Balaban J connectivity index is 3.83. The molecule has 0 aliphatic heterocycles. The van der Waals surface area contributed by atoms with Crippen molar-refractivity contribution in [1.29, 1.82) is 5.41 Å². The molecule has 0 aromatic heterocycles. The van der Waals surface area contributed by atoms with Gasteiger partial charge in [0.1, 0.15) is 0 Å². The second-order valence-corrected chi connectivity index (χ2v) is 1.80. The largest absolute Gasteiger partial charge is 0.459 e. The lowest BCUT2D eigenvalue weighted by Crippen LogP contribution is -2.35. The molecule has 0 atom stereocenters. The molecule has 0 radical (unpaired) electrons. The van der Waals surface area contributed by atoms with E-state index >= 15 is 0 Å². The second kappa shape index (κ2) is 4.43. The quantitative estimate of drug-likeness (QED) is 0.237. The van der Waals surface area contributed by atoms with Gasteiger partial charge in [-0.1, -0.05) is 0 Å². The summed E-state index contributed by atoms with van der Waals surface area (Å²) in [7, 11) is 0. The minimum atomic E-state index is -0.959. The smallest absolute Gasteiger partial charge is 0.397 e. The zero-order valence-corrected chi connectivity index (χ0v) is 6.43. The van der Waals surface area contributed by atoms with Gasteiger partial charge in [-0.05, 0) is 13.8 Å². The SMILES string of the molecule is CCOC(=O)C(=O)NC(C)=N. The number of nitrogens with one attached hydrogen (secondary N) is 2. The lowest BCUT2D eigenvalue weighted by Gasteiger charge is -2.00. The number of rotatable bonds is 1. The molecule has 0 unspecified atom stereocenters. The Morgan fingerprint density at radius 1 is 1.55 bits per heavy atom. The van der Waals surface area contributed by atoms with E-state index in [1.807, 2.05) is 5.32 Å². The average molecular weight is 158 g/mol. The number of ether oxygens (including phenoxy) is 1. The third-order valence-electron chi connectivity index (χ3n) is 0.762. The molecular formula is C6H10N2O3. The monoisotopic (exact) mass is 158 g/mol. The van der Waals surface area contributed by atoms with Crippen molar-refractivity contribution < 1.29 is 14.3 Å². The fourth-order valence-corrected chi connectivity index (χ4v) is 0.418. The first-order chi connectivity index (χ1) is 5.07. The maximum Gasteiger partial charge on any atom is 0.397 e. The number of esters is 1. The maximum absolute atomic E-state index is 10.6. The van der Waals surface area contributed by atoms with Gasteiger partial charge >= 0.3 is 11.9 Å². The summed E-state index contributed by atoms with van der Waals surface area (Å²) < 4.78 is 4.36. The zero-order chi connectivity index (χ0) is 8.85. The first kappa shape index (κ1) is 9.61. The Morgan fingerprint density at radius 3 is 2.45 bits per heavy atom. The molecule has 0 fully saturated rings. The van der Waals surface area contributed by atoms with E-state index in [0.717, 1.165) is 0 Å². The van der Waals surface area contributed by atoms with Crippen molar-refractivity contribution in [3.63, 3.8) is 0 Å². The van der Waals surface area contributed by atoms with Crippen LogP contribution in [0.3, 0.4) is 0 Å². The van der Waals surface area contributed by atoms with Crippen molar-refractivity contribution in [2.45, 2.75) is 13.8 Å². The first-order valence-corrected chi connectivity index (χ1v) is 3.11. The predicted molar refractivity (Wildman–Crippen MR) is 38.2 cm³/mol.